The summed E-state index contributed by atoms with van der Waals surface area (Å²) >= 11 is 0. The Balaban J connectivity index is 3.05. The highest BCUT2D eigenvalue weighted by Gasteiger charge is 2.35. The average Bonchev–Trinajstić information content (AvgIpc) is 2.27. The molecule has 0 aliphatic rings. The number of nitrogens with zero attached hydrogens (tertiary/aromatic N) is 2. The maximum absolute atomic E-state index is 12.5. The van der Waals surface area contributed by atoms with Crippen molar-refractivity contribution in [1.82, 2.24) is 9.97 Å². The van der Waals surface area contributed by atoms with E-state index < -0.39 is 12.0 Å². The van der Waals surface area contributed by atoms with Crippen LogP contribution in [0.5, 0.6) is 0 Å². The molecule has 1 aromatic heterocycles. The van der Waals surface area contributed by atoms with Gasteiger partial charge in [0.1, 0.15) is 11.6 Å². The van der Waals surface area contributed by atoms with Crippen molar-refractivity contribution in [2.75, 3.05) is 17.7 Å². The Hall–Kier alpha value is -1.53. The van der Waals surface area contributed by atoms with E-state index in [0.717, 1.165) is 6.42 Å². The van der Waals surface area contributed by atoms with Gasteiger partial charge in [-0.3, -0.25) is 0 Å². The molecule has 0 aromatic carbocycles. The van der Waals surface area contributed by atoms with Gasteiger partial charge in [0.2, 0.25) is 5.82 Å². The number of halogens is 3. The summed E-state index contributed by atoms with van der Waals surface area (Å²) < 4.78 is 37.6. The van der Waals surface area contributed by atoms with Gasteiger partial charge in [-0.2, -0.15) is 13.2 Å². The molecule has 0 aliphatic heterocycles. The van der Waals surface area contributed by atoms with Crippen LogP contribution in [-0.2, 0) is 6.18 Å². The topological polar surface area (TPSA) is 49.8 Å². The maximum Gasteiger partial charge on any atom is 0.451 e. The molecular weight excluding hydrogens is 233 g/mol. The molecule has 2 N–H and O–H groups in total. The third-order valence-corrected chi connectivity index (χ3v) is 2.24. The van der Waals surface area contributed by atoms with Crippen LogP contribution in [0.2, 0.25) is 0 Å². The van der Waals surface area contributed by atoms with Gasteiger partial charge >= 0.3 is 6.18 Å². The molecule has 96 valence electrons. The van der Waals surface area contributed by atoms with Crippen LogP contribution in [-0.4, -0.2) is 23.1 Å². The van der Waals surface area contributed by atoms with Crippen LogP contribution < -0.4 is 10.6 Å². The monoisotopic (exact) mass is 248 g/mol. The molecule has 4 nitrogen and oxygen atoms in total. The summed E-state index contributed by atoms with van der Waals surface area (Å²) in [6.07, 6.45) is -3.75. The zero-order valence-electron chi connectivity index (χ0n) is 9.89. The summed E-state index contributed by atoms with van der Waals surface area (Å²) in [5.41, 5.74) is 0. The number of hydrogen-bond acceptors (Lipinski definition) is 4. The predicted octanol–water partition coefficient (Wildman–Crippen LogP) is 2.75. The lowest BCUT2D eigenvalue weighted by Gasteiger charge is -2.14. The molecule has 0 spiro atoms. The van der Waals surface area contributed by atoms with Gasteiger partial charge < -0.3 is 10.6 Å². The quantitative estimate of drug-likeness (QED) is 0.860. The standard InChI is InChI=1S/C10H15F3N4/c1-4-6(2)15-8-5-7(14-3)16-9(17-8)10(11,12)13/h5-6H,4H2,1-3H3,(H2,14,15,16,17). The summed E-state index contributed by atoms with van der Waals surface area (Å²) in [6, 6.07) is 1.50. The van der Waals surface area contributed by atoms with Crippen molar-refractivity contribution in [3.05, 3.63) is 11.9 Å². The maximum atomic E-state index is 12.5. The lowest BCUT2D eigenvalue weighted by atomic mass is 10.2. The summed E-state index contributed by atoms with van der Waals surface area (Å²) in [4.78, 5) is 6.82. The van der Waals surface area contributed by atoms with Crippen molar-refractivity contribution in [1.29, 1.82) is 0 Å². The van der Waals surface area contributed by atoms with Crippen LogP contribution >= 0.6 is 0 Å². The first-order chi connectivity index (χ1) is 7.86. The van der Waals surface area contributed by atoms with Gasteiger partial charge in [0.15, 0.2) is 0 Å². The van der Waals surface area contributed by atoms with Crippen LogP contribution in [0.4, 0.5) is 24.8 Å². The minimum Gasteiger partial charge on any atom is -0.373 e. The Bertz CT molecular complexity index is 378. The number of anilines is 2. The van der Waals surface area contributed by atoms with Crippen LogP contribution in [0, 0.1) is 0 Å². The van der Waals surface area contributed by atoms with Crippen molar-refractivity contribution in [2.45, 2.75) is 32.5 Å². The molecule has 0 saturated carbocycles. The van der Waals surface area contributed by atoms with Crippen LogP contribution in [0.3, 0.4) is 0 Å². The van der Waals surface area contributed by atoms with Gasteiger partial charge in [0.05, 0.1) is 0 Å². The van der Waals surface area contributed by atoms with E-state index in [-0.39, 0.29) is 17.7 Å². The van der Waals surface area contributed by atoms with Gasteiger partial charge in [-0.1, -0.05) is 6.92 Å². The highest BCUT2D eigenvalue weighted by atomic mass is 19.4. The number of rotatable bonds is 4. The molecule has 0 radical (unpaired) electrons. The number of hydrogen-bond donors (Lipinski definition) is 2. The van der Waals surface area contributed by atoms with E-state index >= 15 is 0 Å². The highest BCUT2D eigenvalue weighted by Crippen LogP contribution is 2.28. The minimum absolute atomic E-state index is 0.0516. The van der Waals surface area contributed by atoms with E-state index in [4.69, 9.17) is 0 Å². The summed E-state index contributed by atoms with van der Waals surface area (Å²) in [5.74, 6) is -0.834. The van der Waals surface area contributed by atoms with E-state index in [0.29, 0.717) is 0 Å². The molecule has 0 amide bonds. The Labute approximate surface area is 97.7 Å². The molecular formula is C10H15F3N4. The van der Waals surface area contributed by atoms with Crippen molar-refractivity contribution in [3.63, 3.8) is 0 Å². The second kappa shape index (κ2) is 5.20. The summed E-state index contributed by atoms with van der Waals surface area (Å²) in [7, 11) is 1.51. The first-order valence-corrected chi connectivity index (χ1v) is 5.27. The molecule has 0 aliphatic carbocycles. The smallest absolute Gasteiger partial charge is 0.373 e. The molecule has 1 heterocycles. The van der Waals surface area contributed by atoms with E-state index in [1.807, 2.05) is 13.8 Å². The highest BCUT2D eigenvalue weighted by molar-refractivity contribution is 5.47. The fourth-order valence-electron chi connectivity index (χ4n) is 1.13. The van der Waals surface area contributed by atoms with Gasteiger partial charge in [0.25, 0.3) is 0 Å². The molecule has 17 heavy (non-hydrogen) atoms. The molecule has 0 fully saturated rings. The lowest BCUT2D eigenvalue weighted by Crippen LogP contribution is -2.18. The van der Waals surface area contributed by atoms with E-state index in [9.17, 15) is 13.2 Å². The molecule has 1 atom stereocenters. The molecule has 0 bridgehead atoms. The number of aromatic nitrogens is 2. The second-order valence-corrected chi connectivity index (χ2v) is 3.66. The van der Waals surface area contributed by atoms with Gasteiger partial charge in [-0.05, 0) is 13.3 Å². The zero-order valence-corrected chi connectivity index (χ0v) is 9.89. The largest absolute Gasteiger partial charge is 0.451 e. The molecule has 7 heteroatoms. The second-order valence-electron chi connectivity index (χ2n) is 3.66. The zero-order chi connectivity index (χ0) is 13.1. The Morgan fingerprint density at radius 1 is 1.29 bits per heavy atom. The minimum atomic E-state index is -4.54. The van der Waals surface area contributed by atoms with Crippen molar-refractivity contribution in [2.24, 2.45) is 0 Å². The van der Waals surface area contributed by atoms with Crippen molar-refractivity contribution < 1.29 is 13.2 Å². The SMILES string of the molecule is CCC(C)Nc1cc(NC)nc(C(F)(F)F)n1. The van der Waals surface area contributed by atoms with Crippen LogP contribution in [0.15, 0.2) is 6.07 Å². The summed E-state index contributed by atoms with van der Waals surface area (Å²) in [6.45, 7) is 3.80. The number of alkyl halides is 3. The van der Waals surface area contributed by atoms with E-state index in [1.165, 1.54) is 13.1 Å². The first-order valence-electron chi connectivity index (χ1n) is 5.27. The Morgan fingerprint density at radius 3 is 2.35 bits per heavy atom. The predicted molar refractivity (Wildman–Crippen MR) is 60.0 cm³/mol. The van der Waals surface area contributed by atoms with Gasteiger partial charge in [0, 0.05) is 19.2 Å². The Morgan fingerprint density at radius 2 is 1.88 bits per heavy atom. The third kappa shape index (κ3) is 3.76. The fraction of sp³-hybridized carbons (Fsp3) is 0.600. The van der Waals surface area contributed by atoms with E-state index in [2.05, 4.69) is 20.6 Å². The van der Waals surface area contributed by atoms with Crippen LogP contribution in [0.25, 0.3) is 0 Å². The third-order valence-electron chi connectivity index (χ3n) is 2.24. The molecule has 1 rings (SSSR count). The first kappa shape index (κ1) is 13.5. The molecule has 1 unspecified atom stereocenters. The normalized spacial score (nSPS) is 13.3. The van der Waals surface area contributed by atoms with Crippen molar-refractivity contribution >= 4 is 11.6 Å². The number of nitrogens with one attached hydrogen (secondary N) is 2. The van der Waals surface area contributed by atoms with Crippen molar-refractivity contribution in [3.8, 4) is 0 Å². The average molecular weight is 248 g/mol. The van der Waals surface area contributed by atoms with Crippen LogP contribution in [0.1, 0.15) is 26.1 Å². The molecule has 0 saturated heterocycles. The molecule has 1 aromatic rings. The van der Waals surface area contributed by atoms with E-state index in [1.54, 1.807) is 0 Å². The van der Waals surface area contributed by atoms with Gasteiger partial charge in [-0.25, -0.2) is 9.97 Å². The fourth-order valence-corrected chi connectivity index (χ4v) is 1.13. The Kier molecular flexibility index (Phi) is 4.14. The summed E-state index contributed by atoms with van der Waals surface area (Å²) in [5, 5.41) is 5.47. The lowest BCUT2D eigenvalue weighted by molar-refractivity contribution is -0.144. The van der Waals surface area contributed by atoms with Gasteiger partial charge in [-0.15, -0.1) is 0 Å².